The Bertz CT molecular complexity index is 566. The van der Waals surface area contributed by atoms with Crippen LogP contribution in [-0.2, 0) is 26.7 Å². The van der Waals surface area contributed by atoms with Crippen molar-refractivity contribution in [3.05, 3.63) is 34.5 Å². The van der Waals surface area contributed by atoms with Crippen molar-refractivity contribution in [2.45, 2.75) is 26.6 Å². The Morgan fingerprint density at radius 2 is 2.00 bits per heavy atom. The lowest BCUT2D eigenvalue weighted by molar-refractivity contribution is 0.764. The lowest BCUT2D eigenvalue weighted by atomic mass is 10.0. The molecule has 3 nitrogen and oxygen atoms in total. The molecule has 0 saturated carbocycles. The molecule has 0 unspecified atom stereocenters. The fourth-order valence-corrected chi connectivity index (χ4v) is 2.69. The summed E-state index contributed by atoms with van der Waals surface area (Å²) in [6, 6.07) is 4.61. The zero-order chi connectivity index (χ0) is 11.3. The molecule has 1 aromatic heterocycles. The molecule has 3 heteroatoms. The Kier molecular flexibility index (Phi) is 2.06. The number of fused-ring (bicyclic) bond motifs is 2. The van der Waals surface area contributed by atoms with Gasteiger partial charge in [0.25, 0.3) is 0 Å². The molecule has 0 saturated heterocycles. The van der Waals surface area contributed by atoms with Crippen molar-refractivity contribution in [3.63, 3.8) is 0 Å². The van der Waals surface area contributed by atoms with E-state index in [0.29, 0.717) is 6.54 Å². The van der Waals surface area contributed by atoms with E-state index < -0.39 is 0 Å². The largest absolute Gasteiger partial charge is 0.348 e. The fourth-order valence-electron chi connectivity index (χ4n) is 2.69. The van der Waals surface area contributed by atoms with Crippen molar-refractivity contribution < 1.29 is 0 Å². The summed E-state index contributed by atoms with van der Waals surface area (Å²) in [4.78, 5) is 0. The third kappa shape index (κ3) is 1.16. The van der Waals surface area contributed by atoms with Crippen molar-refractivity contribution in [3.8, 4) is 0 Å². The van der Waals surface area contributed by atoms with Crippen LogP contribution in [0.15, 0.2) is 12.1 Å². The number of aromatic nitrogens is 1. The van der Waals surface area contributed by atoms with E-state index >= 15 is 0 Å². The molecule has 0 amide bonds. The first kappa shape index (κ1) is 9.87. The first-order valence-electron chi connectivity index (χ1n) is 5.73. The molecule has 1 aliphatic rings. The Labute approximate surface area is 95.2 Å². The van der Waals surface area contributed by atoms with Gasteiger partial charge in [-0.2, -0.15) is 0 Å². The van der Waals surface area contributed by atoms with Gasteiger partial charge in [0.2, 0.25) is 0 Å². The minimum atomic E-state index is 0.620. The van der Waals surface area contributed by atoms with Crippen LogP contribution in [0.1, 0.15) is 22.4 Å². The molecule has 0 aliphatic carbocycles. The molecule has 0 atom stereocenters. The Balaban J connectivity index is 2.39. The molecule has 0 fully saturated rings. The minimum Gasteiger partial charge on any atom is -0.348 e. The van der Waals surface area contributed by atoms with E-state index in [1.54, 1.807) is 0 Å². The summed E-state index contributed by atoms with van der Waals surface area (Å²) in [6.07, 6.45) is 0. The summed E-state index contributed by atoms with van der Waals surface area (Å²) in [5.41, 5.74) is 12.6. The van der Waals surface area contributed by atoms with Crippen molar-refractivity contribution in [2.24, 2.45) is 12.8 Å². The van der Waals surface area contributed by atoms with Crippen LogP contribution in [0.3, 0.4) is 0 Å². The van der Waals surface area contributed by atoms with Crippen LogP contribution in [-0.4, -0.2) is 4.57 Å². The number of benzene rings is 1. The smallest absolute Gasteiger partial charge is 0.0486 e. The molecule has 0 spiro atoms. The summed E-state index contributed by atoms with van der Waals surface area (Å²) >= 11 is 0. The maximum atomic E-state index is 5.85. The highest BCUT2D eigenvalue weighted by Crippen LogP contribution is 2.29. The van der Waals surface area contributed by atoms with Gasteiger partial charge in [0, 0.05) is 43.3 Å². The predicted octanol–water partition coefficient (Wildman–Crippen LogP) is 1.55. The van der Waals surface area contributed by atoms with E-state index in [9.17, 15) is 0 Å². The fraction of sp³-hybridized carbons (Fsp3) is 0.385. The zero-order valence-corrected chi connectivity index (χ0v) is 9.80. The van der Waals surface area contributed by atoms with Crippen LogP contribution >= 0.6 is 0 Å². The molecule has 16 heavy (non-hydrogen) atoms. The Morgan fingerprint density at radius 1 is 1.31 bits per heavy atom. The summed E-state index contributed by atoms with van der Waals surface area (Å²) in [7, 11) is 2.12. The normalized spacial score (nSPS) is 14.7. The first-order valence-corrected chi connectivity index (χ1v) is 5.73. The second-order valence-electron chi connectivity index (χ2n) is 4.57. The van der Waals surface area contributed by atoms with Crippen molar-refractivity contribution in [1.29, 1.82) is 0 Å². The lowest BCUT2D eigenvalue weighted by Crippen LogP contribution is -2.00. The number of nitrogens with zero attached hydrogens (tertiary/aromatic N) is 1. The van der Waals surface area contributed by atoms with Gasteiger partial charge in [0.15, 0.2) is 0 Å². The van der Waals surface area contributed by atoms with Gasteiger partial charge in [0.1, 0.15) is 0 Å². The maximum Gasteiger partial charge on any atom is 0.0486 e. The van der Waals surface area contributed by atoms with E-state index in [0.717, 1.165) is 13.1 Å². The van der Waals surface area contributed by atoms with Gasteiger partial charge >= 0.3 is 0 Å². The molecule has 3 N–H and O–H groups in total. The monoisotopic (exact) mass is 215 g/mol. The topological polar surface area (TPSA) is 43.0 Å². The Morgan fingerprint density at radius 3 is 2.69 bits per heavy atom. The minimum absolute atomic E-state index is 0.620. The number of nitrogens with one attached hydrogen (secondary N) is 1. The van der Waals surface area contributed by atoms with Gasteiger partial charge in [-0.05, 0) is 35.7 Å². The van der Waals surface area contributed by atoms with Gasteiger partial charge in [-0.25, -0.2) is 0 Å². The molecule has 2 heterocycles. The highest BCUT2D eigenvalue weighted by atomic mass is 15.0. The van der Waals surface area contributed by atoms with Gasteiger partial charge in [-0.3, -0.25) is 0 Å². The standard InChI is InChI=1S/C13H17N3/c1-8-12(5-14)11-3-9-6-15-7-10(9)4-13(11)16(8)2/h3-4,15H,5-7,14H2,1-2H3. The van der Waals surface area contributed by atoms with E-state index in [4.69, 9.17) is 5.73 Å². The van der Waals surface area contributed by atoms with Crippen LogP contribution in [0.25, 0.3) is 10.9 Å². The van der Waals surface area contributed by atoms with E-state index in [2.05, 4.69) is 36.0 Å². The highest BCUT2D eigenvalue weighted by molar-refractivity contribution is 5.87. The molecule has 3 rings (SSSR count). The second-order valence-corrected chi connectivity index (χ2v) is 4.57. The molecule has 1 aliphatic heterocycles. The Hall–Kier alpha value is -1.32. The molecule has 0 radical (unpaired) electrons. The van der Waals surface area contributed by atoms with Gasteiger partial charge < -0.3 is 15.6 Å². The summed E-state index contributed by atoms with van der Waals surface area (Å²) in [5, 5.41) is 4.71. The molecule has 84 valence electrons. The number of hydrogen-bond acceptors (Lipinski definition) is 2. The third-order valence-corrected chi connectivity index (χ3v) is 3.78. The van der Waals surface area contributed by atoms with Crippen LogP contribution in [0.4, 0.5) is 0 Å². The SMILES string of the molecule is Cc1c(CN)c2cc3c(cc2n1C)CNC3. The molecule has 1 aromatic carbocycles. The molecular weight excluding hydrogens is 198 g/mol. The van der Waals surface area contributed by atoms with Gasteiger partial charge in [-0.15, -0.1) is 0 Å². The van der Waals surface area contributed by atoms with Gasteiger partial charge in [-0.1, -0.05) is 0 Å². The number of nitrogens with two attached hydrogens (primary N) is 1. The number of hydrogen-bond donors (Lipinski definition) is 2. The van der Waals surface area contributed by atoms with Crippen molar-refractivity contribution in [2.75, 3.05) is 0 Å². The van der Waals surface area contributed by atoms with Crippen LogP contribution in [0.2, 0.25) is 0 Å². The maximum absolute atomic E-state index is 5.85. The van der Waals surface area contributed by atoms with Crippen LogP contribution in [0.5, 0.6) is 0 Å². The van der Waals surface area contributed by atoms with E-state index in [1.807, 2.05) is 0 Å². The number of rotatable bonds is 1. The third-order valence-electron chi connectivity index (χ3n) is 3.78. The summed E-state index contributed by atoms with van der Waals surface area (Å²) < 4.78 is 2.25. The lowest BCUT2D eigenvalue weighted by Gasteiger charge is -2.01. The molecule has 0 bridgehead atoms. The average molecular weight is 215 g/mol. The second kappa shape index (κ2) is 3.34. The van der Waals surface area contributed by atoms with Crippen molar-refractivity contribution >= 4 is 10.9 Å². The highest BCUT2D eigenvalue weighted by Gasteiger charge is 2.16. The van der Waals surface area contributed by atoms with Crippen LogP contribution < -0.4 is 11.1 Å². The van der Waals surface area contributed by atoms with Crippen LogP contribution in [0, 0.1) is 6.92 Å². The first-order chi connectivity index (χ1) is 7.72. The zero-order valence-electron chi connectivity index (χ0n) is 9.80. The van der Waals surface area contributed by atoms with E-state index in [-0.39, 0.29) is 0 Å². The molecule has 2 aromatic rings. The van der Waals surface area contributed by atoms with E-state index in [1.165, 1.54) is 33.3 Å². The molecular formula is C13H17N3. The van der Waals surface area contributed by atoms with Gasteiger partial charge in [0.05, 0.1) is 0 Å². The summed E-state index contributed by atoms with van der Waals surface area (Å²) in [6.45, 7) is 4.75. The predicted molar refractivity (Wildman–Crippen MR) is 66.1 cm³/mol. The summed E-state index contributed by atoms with van der Waals surface area (Å²) in [5.74, 6) is 0. The number of aryl methyl sites for hydroxylation is 1. The van der Waals surface area contributed by atoms with Crippen molar-refractivity contribution in [1.82, 2.24) is 9.88 Å². The average Bonchev–Trinajstić information content (AvgIpc) is 2.82. The quantitative estimate of drug-likeness (QED) is 0.758.